The Morgan fingerprint density at radius 3 is 2.89 bits per heavy atom. The molecule has 0 spiro atoms. The Morgan fingerprint density at radius 2 is 2.11 bits per heavy atom. The zero-order valence-corrected chi connectivity index (χ0v) is 10.5. The van der Waals surface area contributed by atoms with Crippen molar-refractivity contribution in [2.24, 2.45) is 0 Å². The van der Waals surface area contributed by atoms with Crippen molar-refractivity contribution in [3.05, 3.63) is 59.4 Å². The lowest BCUT2D eigenvalue weighted by molar-refractivity contribution is 0.0998. The summed E-state index contributed by atoms with van der Waals surface area (Å²) in [5.41, 5.74) is 1.85. The number of benzene rings is 1. The number of carbonyl (C=O) groups excluding carboxylic acids is 1. The summed E-state index contributed by atoms with van der Waals surface area (Å²) in [6.45, 7) is 0. The van der Waals surface area contributed by atoms with E-state index >= 15 is 0 Å². The van der Waals surface area contributed by atoms with Crippen molar-refractivity contribution in [3.8, 4) is 0 Å². The van der Waals surface area contributed by atoms with Gasteiger partial charge in [-0.3, -0.25) is 9.78 Å². The topological polar surface area (TPSA) is 55.1 Å². The largest absolute Gasteiger partial charge is 0.449 e. The Morgan fingerprint density at radius 1 is 1.21 bits per heavy atom. The van der Waals surface area contributed by atoms with Gasteiger partial charge in [-0.1, -0.05) is 17.7 Å². The van der Waals surface area contributed by atoms with Crippen molar-refractivity contribution >= 4 is 34.3 Å². The van der Waals surface area contributed by atoms with E-state index in [1.165, 1.54) is 0 Å². The molecule has 0 saturated heterocycles. The van der Waals surface area contributed by atoms with Crippen LogP contribution in [0.4, 0.5) is 5.69 Å². The highest BCUT2D eigenvalue weighted by Gasteiger charge is 2.12. The molecule has 1 amide bonds. The van der Waals surface area contributed by atoms with Crippen LogP contribution in [0.25, 0.3) is 11.1 Å². The van der Waals surface area contributed by atoms with Crippen LogP contribution < -0.4 is 5.32 Å². The molecule has 0 radical (unpaired) electrons. The number of fused-ring (bicyclic) bond motifs is 1. The molecular formula is C14H9ClN2O2. The van der Waals surface area contributed by atoms with Crippen molar-refractivity contribution in [2.45, 2.75) is 0 Å². The molecule has 1 aromatic carbocycles. The third-order valence-electron chi connectivity index (χ3n) is 2.59. The number of pyridine rings is 1. The second kappa shape index (κ2) is 4.74. The average Bonchev–Trinajstić information content (AvgIpc) is 2.82. The SMILES string of the molecule is O=C(Nc1cccc(Cl)c1)c1cc2ncccc2o1. The van der Waals surface area contributed by atoms with E-state index in [0.29, 0.717) is 21.8 Å². The fraction of sp³-hybridized carbons (Fsp3) is 0. The van der Waals surface area contributed by atoms with Crippen molar-refractivity contribution in [2.75, 3.05) is 5.32 Å². The Labute approximate surface area is 114 Å². The monoisotopic (exact) mass is 272 g/mol. The number of hydrogen-bond acceptors (Lipinski definition) is 3. The molecule has 4 nitrogen and oxygen atoms in total. The highest BCUT2D eigenvalue weighted by molar-refractivity contribution is 6.30. The standard InChI is InChI=1S/C14H9ClN2O2/c15-9-3-1-4-10(7-9)17-14(18)13-8-11-12(19-13)5-2-6-16-11/h1-8H,(H,17,18). The number of aromatic nitrogens is 1. The van der Waals surface area contributed by atoms with Crippen LogP contribution in [0.15, 0.2) is 53.1 Å². The lowest BCUT2D eigenvalue weighted by Gasteiger charge is -2.02. The van der Waals surface area contributed by atoms with Gasteiger partial charge in [0.15, 0.2) is 11.3 Å². The molecule has 2 heterocycles. The molecule has 0 aliphatic carbocycles. The predicted octanol–water partition coefficient (Wildman–Crippen LogP) is 3.73. The fourth-order valence-electron chi connectivity index (χ4n) is 1.74. The van der Waals surface area contributed by atoms with E-state index in [0.717, 1.165) is 0 Å². The van der Waals surface area contributed by atoms with Crippen LogP contribution in [0.5, 0.6) is 0 Å². The van der Waals surface area contributed by atoms with E-state index in [1.807, 2.05) is 0 Å². The first kappa shape index (κ1) is 11.7. The van der Waals surface area contributed by atoms with Crippen molar-refractivity contribution in [1.82, 2.24) is 4.98 Å². The Bertz CT molecular complexity index is 719. The first-order valence-electron chi connectivity index (χ1n) is 5.64. The van der Waals surface area contributed by atoms with Crippen LogP contribution in [0.2, 0.25) is 5.02 Å². The highest BCUT2D eigenvalue weighted by Crippen LogP contribution is 2.19. The van der Waals surface area contributed by atoms with Crippen molar-refractivity contribution in [3.63, 3.8) is 0 Å². The van der Waals surface area contributed by atoms with Gasteiger partial charge >= 0.3 is 0 Å². The minimum absolute atomic E-state index is 0.216. The van der Waals surface area contributed by atoms with Gasteiger partial charge in [0.1, 0.15) is 5.52 Å². The van der Waals surface area contributed by atoms with Crippen LogP contribution in [0.1, 0.15) is 10.6 Å². The van der Waals surface area contributed by atoms with Crippen LogP contribution >= 0.6 is 11.6 Å². The molecule has 0 saturated carbocycles. The molecule has 0 fully saturated rings. The van der Waals surface area contributed by atoms with Gasteiger partial charge in [0, 0.05) is 23.0 Å². The molecule has 0 unspecified atom stereocenters. The number of nitrogens with one attached hydrogen (secondary N) is 1. The summed E-state index contributed by atoms with van der Waals surface area (Å²) in [7, 11) is 0. The quantitative estimate of drug-likeness (QED) is 0.773. The van der Waals surface area contributed by atoms with Crippen LogP contribution in [-0.2, 0) is 0 Å². The van der Waals surface area contributed by atoms with Crippen molar-refractivity contribution in [1.29, 1.82) is 0 Å². The van der Waals surface area contributed by atoms with Crippen LogP contribution in [0.3, 0.4) is 0 Å². The first-order valence-corrected chi connectivity index (χ1v) is 6.02. The lowest BCUT2D eigenvalue weighted by atomic mass is 10.3. The third-order valence-corrected chi connectivity index (χ3v) is 2.83. The highest BCUT2D eigenvalue weighted by atomic mass is 35.5. The number of nitrogens with zero attached hydrogens (tertiary/aromatic N) is 1. The van der Waals surface area contributed by atoms with Gasteiger partial charge in [0.2, 0.25) is 0 Å². The number of halogens is 1. The summed E-state index contributed by atoms with van der Waals surface area (Å²) in [5, 5.41) is 3.27. The van der Waals surface area contributed by atoms with Gasteiger partial charge in [-0.15, -0.1) is 0 Å². The summed E-state index contributed by atoms with van der Waals surface area (Å²) in [5.74, 6) is -0.117. The molecule has 3 rings (SSSR count). The van der Waals surface area contributed by atoms with Gasteiger partial charge < -0.3 is 9.73 Å². The summed E-state index contributed by atoms with van der Waals surface area (Å²) in [4.78, 5) is 16.1. The number of hydrogen-bond donors (Lipinski definition) is 1. The number of furan rings is 1. The molecule has 94 valence electrons. The third kappa shape index (κ3) is 2.44. The minimum Gasteiger partial charge on any atom is -0.449 e. The molecule has 1 N–H and O–H groups in total. The number of rotatable bonds is 2. The lowest BCUT2D eigenvalue weighted by Crippen LogP contribution is -2.10. The fourth-order valence-corrected chi connectivity index (χ4v) is 1.93. The maximum absolute atomic E-state index is 12.0. The summed E-state index contributed by atoms with van der Waals surface area (Å²) in [6.07, 6.45) is 1.65. The molecular weight excluding hydrogens is 264 g/mol. The number of amides is 1. The van der Waals surface area contributed by atoms with E-state index in [-0.39, 0.29) is 11.7 Å². The molecule has 0 aliphatic rings. The molecule has 3 aromatic rings. The average molecular weight is 273 g/mol. The van der Waals surface area contributed by atoms with Gasteiger partial charge in [-0.2, -0.15) is 0 Å². The van der Waals surface area contributed by atoms with Gasteiger partial charge in [0.25, 0.3) is 5.91 Å². The smallest absolute Gasteiger partial charge is 0.291 e. The van der Waals surface area contributed by atoms with E-state index in [9.17, 15) is 4.79 Å². The van der Waals surface area contributed by atoms with Crippen LogP contribution in [0, 0.1) is 0 Å². The number of anilines is 1. The molecule has 2 aromatic heterocycles. The van der Waals surface area contributed by atoms with Gasteiger partial charge in [0.05, 0.1) is 0 Å². The Balaban J connectivity index is 1.87. The summed E-state index contributed by atoms with van der Waals surface area (Å²) in [6, 6.07) is 12.0. The van der Waals surface area contributed by atoms with Crippen LogP contribution in [-0.4, -0.2) is 10.9 Å². The van der Waals surface area contributed by atoms with E-state index < -0.39 is 0 Å². The Hall–Kier alpha value is -2.33. The molecule has 19 heavy (non-hydrogen) atoms. The van der Waals surface area contributed by atoms with E-state index in [2.05, 4.69) is 10.3 Å². The second-order valence-electron chi connectivity index (χ2n) is 3.96. The van der Waals surface area contributed by atoms with E-state index in [1.54, 1.807) is 48.7 Å². The zero-order chi connectivity index (χ0) is 13.2. The molecule has 0 atom stereocenters. The zero-order valence-electron chi connectivity index (χ0n) is 9.76. The van der Waals surface area contributed by atoms with Gasteiger partial charge in [-0.25, -0.2) is 0 Å². The maximum Gasteiger partial charge on any atom is 0.291 e. The predicted molar refractivity (Wildman–Crippen MR) is 73.4 cm³/mol. The molecule has 0 bridgehead atoms. The summed E-state index contributed by atoms with van der Waals surface area (Å²) >= 11 is 5.85. The van der Waals surface area contributed by atoms with Gasteiger partial charge in [-0.05, 0) is 30.3 Å². The minimum atomic E-state index is -0.333. The number of carbonyl (C=O) groups is 1. The first-order chi connectivity index (χ1) is 9.22. The van der Waals surface area contributed by atoms with Crippen molar-refractivity contribution < 1.29 is 9.21 Å². The molecule has 0 aliphatic heterocycles. The normalized spacial score (nSPS) is 10.6. The molecule has 5 heteroatoms. The maximum atomic E-state index is 12.0. The second-order valence-corrected chi connectivity index (χ2v) is 4.40. The van der Waals surface area contributed by atoms with E-state index in [4.69, 9.17) is 16.0 Å². The summed E-state index contributed by atoms with van der Waals surface area (Å²) < 4.78 is 5.42. The Kier molecular flexibility index (Phi) is 2.93.